The molecule has 0 radical (unpaired) electrons. The number of rotatable bonds is 5. The van der Waals surface area contributed by atoms with Crippen LogP contribution in [0.3, 0.4) is 0 Å². The summed E-state index contributed by atoms with van der Waals surface area (Å²) >= 11 is 0. The Bertz CT molecular complexity index is 118. The maximum atomic E-state index is 5.53. The topological polar surface area (TPSA) is 26.0 Å². The van der Waals surface area contributed by atoms with Gasteiger partial charge in [-0.2, -0.15) is 0 Å². The average Bonchev–Trinajstić information content (AvgIpc) is 1.86. The molecule has 1 heteroatoms. The minimum atomic E-state index is 0.687. The standard InChI is InChI=1S/C10H21N/c1-5-6-8(2)9(3)7-10(4)11/h8-9H,4-7,11H2,1-3H3. The van der Waals surface area contributed by atoms with E-state index in [1.54, 1.807) is 0 Å². The minimum Gasteiger partial charge on any atom is -0.403 e. The molecule has 2 N–H and O–H groups in total. The van der Waals surface area contributed by atoms with Crippen molar-refractivity contribution in [3.05, 3.63) is 12.3 Å². The number of allylic oxidation sites excluding steroid dienone is 1. The van der Waals surface area contributed by atoms with E-state index in [0.717, 1.165) is 18.0 Å². The molecule has 2 unspecified atom stereocenters. The Morgan fingerprint density at radius 3 is 2.27 bits per heavy atom. The quantitative estimate of drug-likeness (QED) is 0.649. The van der Waals surface area contributed by atoms with Crippen LogP contribution >= 0.6 is 0 Å². The fraction of sp³-hybridized carbons (Fsp3) is 0.800. The van der Waals surface area contributed by atoms with Gasteiger partial charge in [0.05, 0.1) is 0 Å². The Kier molecular flexibility index (Phi) is 5.01. The van der Waals surface area contributed by atoms with Crippen LogP contribution in [0.1, 0.15) is 40.0 Å². The summed E-state index contributed by atoms with van der Waals surface area (Å²) in [5, 5.41) is 0. The van der Waals surface area contributed by atoms with Crippen LogP contribution in [0.15, 0.2) is 12.3 Å². The summed E-state index contributed by atoms with van der Waals surface area (Å²) in [6.07, 6.45) is 3.54. The first kappa shape index (κ1) is 10.5. The van der Waals surface area contributed by atoms with Gasteiger partial charge in [0, 0.05) is 5.70 Å². The lowest BCUT2D eigenvalue weighted by Crippen LogP contribution is -2.11. The van der Waals surface area contributed by atoms with E-state index in [2.05, 4.69) is 27.4 Å². The fourth-order valence-electron chi connectivity index (χ4n) is 1.35. The highest BCUT2D eigenvalue weighted by Gasteiger charge is 2.10. The first-order valence-corrected chi connectivity index (χ1v) is 4.51. The molecule has 0 aliphatic carbocycles. The first-order chi connectivity index (χ1) is 5.07. The lowest BCUT2D eigenvalue weighted by Gasteiger charge is -2.18. The molecule has 11 heavy (non-hydrogen) atoms. The van der Waals surface area contributed by atoms with Crippen molar-refractivity contribution in [2.24, 2.45) is 17.6 Å². The zero-order valence-corrected chi connectivity index (χ0v) is 8.06. The van der Waals surface area contributed by atoms with Crippen molar-refractivity contribution in [2.75, 3.05) is 0 Å². The summed E-state index contributed by atoms with van der Waals surface area (Å²) in [6, 6.07) is 0. The molecule has 0 spiro atoms. The van der Waals surface area contributed by atoms with Gasteiger partial charge in [-0.3, -0.25) is 0 Å². The van der Waals surface area contributed by atoms with Crippen LogP contribution in [0.2, 0.25) is 0 Å². The van der Waals surface area contributed by atoms with E-state index >= 15 is 0 Å². The zero-order valence-electron chi connectivity index (χ0n) is 8.06. The molecule has 0 saturated carbocycles. The second kappa shape index (κ2) is 5.22. The monoisotopic (exact) mass is 155 g/mol. The highest BCUT2D eigenvalue weighted by atomic mass is 14.6. The molecular formula is C10H21N. The summed E-state index contributed by atoms with van der Waals surface area (Å²) in [6.45, 7) is 10.5. The lowest BCUT2D eigenvalue weighted by atomic mass is 9.89. The Morgan fingerprint density at radius 2 is 1.91 bits per heavy atom. The van der Waals surface area contributed by atoms with Crippen molar-refractivity contribution in [3.8, 4) is 0 Å². The van der Waals surface area contributed by atoms with E-state index in [1.807, 2.05) is 0 Å². The number of nitrogens with two attached hydrogens (primary N) is 1. The molecule has 0 rings (SSSR count). The Hall–Kier alpha value is -0.460. The van der Waals surface area contributed by atoms with Crippen LogP contribution in [0.5, 0.6) is 0 Å². The van der Waals surface area contributed by atoms with Crippen molar-refractivity contribution in [3.63, 3.8) is 0 Å². The van der Waals surface area contributed by atoms with Crippen molar-refractivity contribution < 1.29 is 0 Å². The highest BCUT2D eigenvalue weighted by Crippen LogP contribution is 2.21. The Labute approximate surface area is 70.7 Å². The van der Waals surface area contributed by atoms with Crippen LogP contribution in [0.4, 0.5) is 0 Å². The molecule has 0 bridgehead atoms. The molecule has 0 aliphatic heterocycles. The largest absolute Gasteiger partial charge is 0.403 e. The van der Waals surface area contributed by atoms with Gasteiger partial charge in [-0.15, -0.1) is 0 Å². The van der Waals surface area contributed by atoms with E-state index in [4.69, 9.17) is 5.73 Å². The molecular weight excluding hydrogens is 134 g/mol. The van der Waals surface area contributed by atoms with Gasteiger partial charge in [-0.1, -0.05) is 40.2 Å². The molecule has 0 heterocycles. The van der Waals surface area contributed by atoms with Gasteiger partial charge in [-0.05, 0) is 18.3 Å². The number of hydrogen-bond acceptors (Lipinski definition) is 1. The third-order valence-corrected chi connectivity index (χ3v) is 2.30. The van der Waals surface area contributed by atoms with Gasteiger partial charge in [-0.25, -0.2) is 0 Å². The van der Waals surface area contributed by atoms with Gasteiger partial charge >= 0.3 is 0 Å². The van der Waals surface area contributed by atoms with Crippen LogP contribution in [0.25, 0.3) is 0 Å². The van der Waals surface area contributed by atoms with Gasteiger partial charge < -0.3 is 5.73 Å². The zero-order chi connectivity index (χ0) is 8.85. The van der Waals surface area contributed by atoms with E-state index in [9.17, 15) is 0 Å². The molecule has 0 amide bonds. The molecule has 0 aromatic rings. The van der Waals surface area contributed by atoms with Crippen molar-refractivity contribution >= 4 is 0 Å². The third kappa shape index (κ3) is 4.88. The van der Waals surface area contributed by atoms with Crippen molar-refractivity contribution in [1.29, 1.82) is 0 Å². The molecule has 0 saturated heterocycles. The van der Waals surface area contributed by atoms with Gasteiger partial charge in [0.2, 0.25) is 0 Å². The summed E-state index contributed by atoms with van der Waals surface area (Å²) < 4.78 is 0. The molecule has 0 aromatic carbocycles. The lowest BCUT2D eigenvalue weighted by molar-refractivity contribution is 0.358. The second-order valence-corrected chi connectivity index (χ2v) is 3.61. The maximum Gasteiger partial charge on any atom is 0.00102 e. The molecule has 0 aromatic heterocycles. The molecule has 0 fully saturated rings. The van der Waals surface area contributed by atoms with Crippen LogP contribution in [0, 0.1) is 11.8 Å². The summed E-state index contributed by atoms with van der Waals surface area (Å²) in [5.74, 6) is 1.47. The van der Waals surface area contributed by atoms with Crippen LogP contribution in [-0.4, -0.2) is 0 Å². The highest BCUT2D eigenvalue weighted by molar-refractivity contribution is 4.88. The van der Waals surface area contributed by atoms with Crippen molar-refractivity contribution in [2.45, 2.75) is 40.0 Å². The summed E-state index contributed by atoms with van der Waals surface area (Å²) in [7, 11) is 0. The number of hydrogen-bond donors (Lipinski definition) is 1. The maximum absolute atomic E-state index is 5.53. The van der Waals surface area contributed by atoms with Crippen LogP contribution < -0.4 is 5.73 Å². The predicted molar refractivity (Wildman–Crippen MR) is 51.2 cm³/mol. The van der Waals surface area contributed by atoms with Crippen molar-refractivity contribution in [1.82, 2.24) is 0 Å². The van der Waals surface area contributed by atoms with E-state index in [-0.39, 0.29) is 0 Å². The average molecular weight is 155 g/mol. The normalized spacial score (nSPS) is 15.9. The van der Waals surface area contributed by atoms with Gasteiger partial charge in [0.25, 0.3) is 0 Å². The van der Waals surface area contributed by atoms with E-state index < -0.39 is 0 Å². The molecule has 66 valence electrons. The SMILES string of the molecule is C=C(N)CC(C)C(C)CCC. The third-order valence-electron chi connectivity index (χ3n) is 2.30. The first-order valence-electron chi connectivity index (χ1n) is 4.51. The Morgan fingerprint density at radius 1 is 1.36 bits per heavy atom. The summed E-state index contributed by atoms with van der Waals surface area (Å²) in [4.78, 5) is 0. The van der Waals surface area contributed by atoms with E-state index in [1.165, 1.54) is 12.8 Å². The minimum absolute atomic E-state index is 0.687. The Balaban J connectivity index is 3.63. The molecule has 0 aliphatic rings. The second-order valence-electron chi connectivity index (χ2n) is 3.61. The predicted octanol–water partition coefficient (Wildman–Crippen LogP) is 2.92. The van der Waals surface area contributed by atoms with E-state index in [0.29, 0.717) is 5.92 Å². The smallest absolute Gasteiger partial charge is 0.00102 e. The summed E-state index contributed by atoms with van der Waals surface area (Å²) in [5.41, 5.74) is 6.35. The molecule has 1 nitrogen and oxygen atoms in total. The fourth-order valence-corrected chi connectivity index (χ4v) is 1.35. The molecule has 2 atom stereocenters. The van der Waals surface area contributed by atoms with Crippen LogP contribution in [-0.2, 0) is 0 Å². The van der Waals surface area contributed by atoms with Gasteiger partial charge in [0.15, 0.2) is 0 Å². The van der Waals surface area contributed by atoms with Gasteiger partial charge in [0.1, 0.15) is 0 Å².